The topological polar surface area (TPSA) is 53.1 Å². The molecule has 82 valence electrons. The summed E-state index contributed by atoms with van der Waals surface area (Å²) in [6.07, 6.45) is 0. The van der Waals surface area contributed by atoms with Gasteiger partial charge in [0.1, 0.15) is 5.84 Å². The van der Waals surface area contributed by atoms with Gasteiger partial charge in [0.2, 0.25) is 0 Å². The Morgan fingerprint density at radius 1 is 1.53 bits per heavy atom. The number of nitrogens with one attached hydrogen (secondary N) is 1. The average Bonchev–Trinajstić information content (AvgIpc) is 2.16. The van der Waals surface area contributed by atoms with E-state index in [1.165, 1.54) is 11.1 Å². The lowest BCUT2D eigenvalue weighted by atomic mass is 10.1. The van der Waals surface area contributed by atoms with Crippen molar-refractivity contribution in [3.63, 3.8) is 0 Å². The third kappa shape index (κ3) is 3.36. The first-order valence-corrected chi connectivity index (χ1v) is 5.10. The zero-order valence-electron chi connectivity index (χ0n) is 9.62. The van der Waals surface area contributed by atoms with Crippen molar-refractivity contribution in [1.29, 1.82) is 5.41 Å². The molecule has 1 rings (SSSR count). The van der Waals surface area contributed by atoms with Gasteiger partial charge in [-0.25, -0.2) is 0 Å². The lowest BCUT2D eigenvalue weighted by Gasteiger charge is -2.23. The molecule has 1 aromatic rings. The van der Waals surface area contributed by atoms with Crippen LogP contribution in [-0.4, -0.2) is 23.8 Å². The van der Waals surface area contributed by atoms with Gasteiger partial charge in [0.25, 0.3) is 0 Å². The minimum atomic E-state index is -0.00878. The molecule has 0 aliphatic carbocycles. The number of nitrogens with two attached hydrogens (primary N) is 1. The number of nitrogens with zero attached hydrogens (tertiary/aromatic N) is 1. The fourth-order valence-electron chi connectivity index (χ4n) is 1.47. The highest BCUT2D eigenvalue weighted by atomic mass is 15.1. The number of hydrogen-bond acceptors (Lipinski definition) is 2. The molecule has 15 heavy (non-hydrogen) atoms. The van der Waals surface area contributed by atoms with E-state index in [9.17, 15) is 0 Å². The van der Waals surface area contributed by atoms with Crippen LogP contribution in [-0.2, 0) is 6.54 Å². The first-order valence-electron chi connectivity index (χ1n) is 5.10. The summed E-state index contributed by atoms with van der Waals surface area (Å²) < 4.78 is 0. The Morgan fingerprint density at radius 3 is 2.73 bits per heavy atom. The highest BCUT2D eigenvalue weighted by Gasteiger charge is 2.11. The summed E-state index contributed by atoms with van der Waals surface area (Å²) in [5.41, 5.74) is 7.98. The molecular weight excluding hydrogens is 186 g/mol. The van der Waals surface area contributed by atoms with Crippen molar-refractivity contribution in [2.45, 2.75) is 26.4 Å². The van der Waals surface area contributed by atoms with Crippen LogP contribution in [0.15, 0.2) is 24.3 Å². The Kier molecular flexibility index (Phi) is 3.86. The number of hydrogen-bond donors (Lipinski definition) is 2. The van der Waals surface area contributed by atoms with Crippen molar-refractivity contribution in [1.82, 2.24) is 4.90 Å². The molecule has 0 aromatic heterocycles. The Labute approximate surface area is 91.4 Å². The van der Waals surface area contributed by atoms with Gasteiger partial charge in [0.15, 0.2) is 0 Å². The summed E-state index contributed by atoms with van der Waals surface area (Å²) in [5.74, 6) is 0.213. The van der Waals surface area contributed by atoms with Crippen LogP contribution in [0.3, 0.4) is 0 Å². The van der Waals surface area contributed by atoms with E-state index in [1.807, 2.05) is 14.0 Å². The van der Waals surface area contributed by atoms with Crippen molar-refractivity contribution in [2.24, 2.45) is 5.73 Å². The number of rotatable bonds is 4. The maximum absolute atomic E-state index is 7.37. The largest absolute Gasteiger partial charge is 0.386 e. The summed E-state index contributed by atoms with van der Waals surface area (Å²) >= 11 is 0. The van der Waals surface area contributed by atoms with E-state index < -0.39 is 0 Å². The van der Waals surface area contributed by atoms with Gasteiger partial charge in [0.05, 0.1) is 6.04 Å². The van der Waals surface area contributed by atoms with E-state index in [4.69, 9.17) is 11.1 Å². The second-order valence-electron chi connectivity index (χ2n) is 4.04. The minimum Gasteiger partial charge on any atom is -0.386 e. The van der Waals surface area contributed by atoms with Crippen LogP contribution in [0.4, 0.5) is 0 Å². The molecular formula is C12H19N3. The van der Waals surface area contributed by atoms with Gasteiger partial charge in [-0.05, 0) is 26.5 Å². The van der Waals surface area contributed by atoms with Gasteiger partial charge in [-0.15, -0.1) is 0 Å². The van der Waals surface area contributed by atoms with Gasteiger partial charge >= 0.3 is 0 Å². The Balaban J connectivity index is 2.66. The molecule has 0 fully saturated rings. The molecule has 0 saturated heterocycles. The van der Waals surface area contributed by atoms with Crippen molar-refractivity contribution in [3.05, 3.63) is 35.4 Å². The van der Waals surface area contributed by atoms with E-state index in [0.29, 0.717) is 0 Å². The lowest BCUT2D eigenvalue weighted by Crippen LogP contribution is -2.39. The molecule has 0 aliphatic heterocycles. The summed E-state index contributed by atoms with van der Waals surface area (Å²) in [6.45, 7) is 4.85. The third-order valence-electron chi connectivity index (χ3n) is 2.63. The van der Waals surface area contributed by atoms with E-state index >= 15 is 0 Å². The molecule has 3 heteroatoms. The first-order chi connectivity index (χ1) is 7.00. The van der Waals surface area contributed by atoms with Crippen LogP contribution in [0.2, 0.25) is 0 Å². The average molecular weight is 205 g/mol. The monoisotopic (exact) mass is 205 g/mol. The molecule has 0 heterocycles. The molecule has 0 spiro atoms. The first kappa shape index (κ1) is 11.7. The van der Waals surface area contributed by atoms with E-state index in [2.05, 4.69) is 36.1 Å². The summed E-state index contributed by atoms with van der Waals surface area (Å²) in [6, 6.07) is 8.37. The van der Waals surface area contributed by atoms with Gasteiger partial charge in [-0.3, -0.25) is 10.3 Å². The van der Waals surface area contributed by atoms with Crippen molar-refractivity contribution in [2.75, 3.05) is 7.05 Å². The highest BCUT2D eigenvalue weighted by molar-refractivity contribution is 5.82. The quantitative estimate of drug-likeness (QED) is 0.581. The smallest absolute Gasteiger partial charge is 0.108 e. The van der Waals surface area contributed by atoms with Gasteiger partial charge < -0.3 is 5.73 Å². The molecule has 0 amide bonds. The molecule has 0 aliphatic rings. The molecule has 3 nitrogen and oxygen atoms in total. The van der Waals surface area contributed by atoms with Crippen LogP contribution in [0.5, 0.6) is 0 Å². The molecule has 0 saturated carbocycles. The Hall–Kier alpha value is -1.35. The summed E-state index contributed by atoms with van der Waals surface area (Å²) in [5, 5.41) is 7.37. The fourth-order valence-corrected chi connectivity index (χ4v) is 1.47. The van der Waals surface area contributed by atoms with Crippen molar-refractivity contribution >= 4 is 5.84 Å². The zero-order chi connectivity index (χ0) is 11.4. The van der Waals surface area contributed by atoms with Crippen LogP contribution in [0.1, 0.15) is 18.1 Å². The summed E-state index contributed by atoms with van der Waals surface area (Å²) in [7, 11) is 1.98. The van der Waals surface area contributed by atoms with Crippen LogP contribution in [0, 0.1) is 12.3 Å². The fraction of sp³-hybridized carbons (Fsp3) is 0.417. The number of likely N-dealkylation sites (N-methyl/N-ethyl adjacent to an activating group) is 1. The second kappa shape index (κ2) is 4.94. The predicted octanol–water partition coefficient (Wildman–Crippen LogP) is 1.75. The van der Waals surface area contributed by atoms with Gasteiger partial charge in [-0.1, -0.05) is 29.8 Å². The molecule has 1 aromatic carbocycles. The molecule has 1 unspecified atom stereocenters. The van der Waals surface area contributed by atoms with Crippen LogP contribution >= 0.6 is 0 Å². The van der Waals surface area contributed by atoms with Gasteiger partial charge in [-0.2, -0.15) is 0 Å². The normalized spacial score (nSPS) is 12.8. The third-order valence-corrected chi connectivity index (χ3v) is 2.63. The lowest BCUT2D eigenvalue weighted by molar-refractivity contribution is 0.301. The maximum atomic E-state index is 7.37. The minimum absolute atomic E-state index is 0.00878. The van der Waals surface area contributed by atoms with Crippen LogP contribution < -0.4 is 5.73 Å². The SMILES string of the molecule is Cc1cccc(CN(C)C(C)C(=N)N)c1. The second-order valence-corrected chi connectivity index (χ2v) is 4.04. The van der Waals surface area contributed by atoms with E-state index in [-0.39, 0.29) is 11.9 Å². The predicted molar refractivity (Wildman–Crippen MR) is 64.0 cm³/mol. The van der Waals surface area contributed by atoms with E-state index in [1.54, 1.807) is 0 Å². The van der Waals surface area contributed by atoms with Crippen molar-refractivity contribution < 1.29 is 0 Å². The van der Waals surface area contributed by atoms with Crippen LogP contribution in [0.25, 0.3) is 0 Å². The highest BCUT2D eigenvalue weighted by Crippen LogP contribution is 2.08. The Morgan fingerprint density at radius 2 is 2.20 bits per heavy atom. The van der Waals surface area contributed by atoms with Gasteiger partial charge in [0, 0.05) is 6.54 Å². The molecule has 0 radical (unpaired) electrons. The Bertz CT molecular complexity index is 346. The molecule has 3 N–H and O–H groups in total. The van der Waals surface area contributed by atoms with E-state index in [0.717, 1.165) is 6.54 Å². The molecule has 0 bridgehead atoms. The zero-order valence-corrected chi connectivity index (χ0v) is 9.62. The maximum Gasteiger partial charge on any atom is 0.108 e. The van der Waals surface area contributed by atoms with Crippen molar-refractivity contribution in [3.8, 4) is 0 Å². The summed E-state index contributed by atoms with van der Waals surface area (Å²) in [4.78, 5) is 2.07. The number of aryl methyl sites for hydroxylation is 1. The molecule has 1 atom stereocenters. The standard InChI is InChI=1S/C12H19N3/c1-9-5-4-6-11(7-9)8-15(3)10(2)12(13)14/h4-7,10H,8H2,1-3H3,(H3,13,14). The number of amidine groups is 1. The number of benzene rings is 1.